The van der Waals surface area contributed by atoms with Crippen molar-refractivity contribution in [1.29, 1.82) is 0 Å². The first kappa shape index (κ1) is 10.4. The van der Waals surface area contributed by atoms with E-state index in [4.69, 9.17) is 4.74 Å². The molecule has 0 unspecified atom stereocenters. The van der Waals surface area contributed by atoms with Crippen molar-refractivity contribution in [2.24, 2.45) is 0 Å². The van der Waals surface area contributed by atoms with Crippen LogP contribution in [0.25, 0.3) is 0 Å². The largest absolute Gasteiger partial charge is 0.462 e. The van der Waals surface area contributed by atoms with Crippen LogP contribution in [0.4, 0.5) is 0 Å². The molecule has 0 amide bonds. The first-order valence-electron chi connectivity index (χ1n) is 4.28. The topological polar surface area (TPSA) is 56.3 Å². The van der Waals surface area contributed by atoms with Crippen molar-refractivity contribution < 1.29 is 14.3 Å². The van der Waals surface area contributed by atoms with Crippen LogP contribution in [-0.4, -0.2) is 23.8 Å². The molecule has 0 bridgehead atoms. The summed E-state index contributed by atoms with van der Waals surface area (Å²) in [5.74, 6) is -0.455. The second-order valence-electron chi connectivity index (χ2n) is 2.74. The normalized spacial score (nSPS) is 9.57. The van der Waals surface area contributed by atoms with Gasteiger partial charge in [0.1, 0.15) is 0 Å². The van der Waals surface area contributed by atoms with Crippen LogP contribution in [0.2, 0.25) is 0 Å². The van der Waals surface area contributed by atoms with E-state index in [0.29, 0.717) is 29.7 Å². The molecular weight excluding hydrogens is 182 g/mol. The lowest BCUT2D eigenvalue weighted by Gasteiger charge is -2.02. The van der Waals surface area contributed by atoms with Crippen molar-refractivity contribution in [1.82, 2.24) is 4.98 Å². The van der Waals surface area contributed by atoms with E-state index in [1.807, 2.05) is 0 Å². The van der Waals surface area contributed by atoms with Crippen LogP contribution in [0.15, 0.2) is 12.3 Å². The fourth-order valence-corrected chi connectivity index (χ4v) is 0.996. The van der Waals surface area contributed by atoms with E-state index in [1.165, 1.54) is 12.3 Å². The molecule has 1 heterocycles. The van der Waals surface area contributed by atoms with Gasteiger partial charge in [-0.1, -0.05) is 0 Å². The number of ether oxygens (including phenoxy) is 1. The average Bonchev–Trinajstić information content (AvgIpc) is 2.19. The molecule has 1 aromatic rings. The van der Waals surface area contributed by atoms with Gasteiger partial charge in [-0.2, -0.15) is 0 Å². The van der Waals surface area contributed by atoms with E-state index in [9.17, 15) is 9.59 Å². The number of aldehydes is 1. The van der Waals surface area contributed by atoms with Crippen LogP contribution in [0, 0.1) is 6.92 Å². The van der Waals surface area contributed by atoms with Gasteiger partial charge in [0, 0.05) is 17.5 Å². The minimum Gasteiger partial charge on any atom is -0.462 e. The molecule has 14 heavy (non-hydrogen) atoms. The van der Waals surface area contributed by atoms with E-state index in [2.05, 4.69) is 4.98 Å². The summed E-state index contributed by atoms with van der Waals surface area (Å²) in [5, 5.41) is 0. The molecule has 1 rings (SSSR count). The minimum absolute atomic E-state index is 0.305. The third-order valence-corrected chi connectivity index (χ3v) is 1.76. The smallest absolute Gasteiger partial charge is 0.339 e. The molecule has 74 valence electrons. The van der Waals surface area contributed by atoms with Crippen LogP contribution in [-0.2, 0) is 4.74 Å². The maximum absolute atomic E-state index is 11.2. The third kappa shape index (κ3) is 2.16. The van der Waals surface area contributed by atoms with E-state index in [0.717, 1.165) is 0 Å². The Morgan fingerprint density at radius 3 is 2.93 bits per heavy atom. The van der Waals surface area contributed by atoms with Gasteiger partial charge in [-0.3, -0.25) is 9.78 Å². The zero-order valence-corrected chi connectivity index (χ0v) is 8.11. The molecule has 0 aliphatic heterocycles. The number of aryl methyl sites for hydroxylation is 1. The Balaban J connectivity index is 3.00. The Morgan fingerprint density at radius 1 is 1.64 bits per heavy atom. The number of esters is 1. The molecule has 0 atom stereocenters. The summed E-state index contributed by atoms with van der Waals surface area (Å²) in [5.41, 5.74) is 1.32. The molecule has 4 heteroatoms. The van der Waals surface area contributed by atoms with Crippen LogP contribution in [0.5, 0.6) is 0 Å². The highest BCUT2D eigenvalue weighted by Gasteiger charge is 2.08. The monoisotopic (exact) mass is 193 g/mol. The van der Waals surface area contributed by atoms with Crippen molar-refractivity contribution in [2.45, 2.75) is 13.8 Å². The Labute approximate surface area is 81.9 Å². The number of rotatable bonds is 3. The highest BCUT2D eigenvalue weighted by molar-refractivity contribution is 5.91. The molecule has 1 aromatic heterocycles. The number of pyridine rings is 1. The minimum atomic E-state index is -0.455. The SMILES string of the molecule is CCOC(=O)c1cnc(C)c(C=O)c1. The predicted molar refractivity (Wildman–Crippen MR) is 50.3 cm³/mol. The highest BCUT2D eigenvalue weighted by atomic mass is 16.5. The zero-order chi connectivity index (χ0) is 10.6. The summed E-state index contributed by atoms with van der Waals surface area (Å²) >= 11 is 0. The van der Waals surface area contributed by atoms with E-state index in [-0.39, 0.29) is 0 Å². The van der Waals surface area contributed by atoms with Gasteiger partial charge in [-0.15, -0.1) is 0 Å². The quantitative estimate of drug-likeness (QED) is 0.537. The van der Waals surface area contributed by atoms with Crippen LogP contribution in [0.3, 0.4) is 0 Å². The van der Waals surface area contributed by atoms with Crippen molar-refractivity contribution in [2.75, 3.05) is 6.61 Å². The van der Waals surface area contributed by atoms with Gasteiger partial charge in [0.25, 0.3) is 0 Å². The fraction of sp³-hybridized carbons (Fsp3) is 0.300. The molecule has 0 radical (unpaired) electrons. The molecule has 0 saturated carbocycles. The summed E-state index contributed by atoms with van der Waals surface area (Å²) in [6, 6.07) is 1.48. The van der Waals surface area contributed by atoms with E-state index < -0.39 is 5.97 Å². The summed E-state index contributed by atoms with van der Waals surface area (Å²) in [7, 11) is 0. The van der Waals surface area contributed by atoms with Crippen LogP contribution < -0.4 is 0 Å². The summed E-state index contributed by atoms with van der Waals surface area (Å²) in [4.78, 5) is 25.7. The van der Waals surface area contributed by atoms with Gasteiger partial charge >= 0.3 is 5.97 Å². The number of carbonyl (C=O) groups excluding carboxylic acids is 2. The lowest BCUT2D eigenvalue weighted by molar-refractivity contribution is 0.0526. The Morgan fingerprint density at radius 2 is 2.36 bits per heavy atom. The Hall–Kier alpha value is -1.71. The number of aromatic nitrogens is 1. The number of hydrogen-bond acceptors (Lipinski definition) is 4. The first-order valence-corrected chi connectivity index (χ1v) is 4.28. The number of nitrogens with zero attached hydrogens (tertiary/aromatic N) is 1. The molecule has 0 aliphatic rings. The van der Waals surface area contributed by atoms with E-state index >= 15 is 0 Å². The van der Waals surface area contributed by atoms with Gasteiger partial charge in [-0.25, -0.2) is 4.79 Å². The molecule has 0 aliphatic carbocycles. The van der Waals surface area contributed by atoms with Crippen LogP contribution in [0.1, 0.15) is 33.3 Å². The van der Waals surface area contributed by atoms with Gasteiger partial charge in [0.2, 0.25) is 0 Å². The standard InChI is InChI=1S/C10H11NO3/c1-3-14-10(13)8-4-9(6-12)7(2)11-5-8/h4-6H,3H2,1-2H3. The highest BCUT2D eigenvalue weighted by Crippen LogP contribution is 2.06. The maximum atomic E-state index is 11.2. The molecule has 0 fully saturated rings. The molecule has 0 N–H and O–H groups in total. The van der Waals surface area contributed by atoms with Crippen molar-refractivity contribution in [3.63, 3.8) is 0 Å². The lowest BCUT2D eigenvalue weighted by atomic mass is 10.1. The molecule has 4 nitrogen and oxygen atoms in total. The second-order valence-corrected chi connectivity index (χ2v) is 2.74. The second kappa shape index (κ2) is 4.50. The van der Waals surface area contributed by atoms with Gasteiger partial charge in [0.05, 0.1) is 12.2 Å². The summed E-state index contributed by atoms with van der Waals surface area (Å²) < 4.78 is 4.77. The summed E-state index contributed by atoms with van der Waals surface area (Å²) in [6.45, 7) is 3.74. The Kier molecular flexibility index (Phi) is 3.34. The molecule has 0 saturated heterocycles. The zero-order valence-electron chi connectivity index (χ0n) is 8.11. The Bertz CT molecular complexity index is 360. The van der Waals surface area contributed by atoms with Gasteiger partial charge in [0.15, 0.2) is 6.29 Å². The summed E-state index contributed by atoms with van der Waals surface area (Å²) in [6.07, 6.45) is 2.07. The maximum Gasteiger partial charge on any atom is 0.339 e. The van der Waals surface area contributed by atoms with Crippen LogP contribution >= 0.6 is 0 Å². The first-order chi connectivity index (χ1) is 6.69. The molecule has 0 spiro atoms. The van der Waals surface area contributed by atoms with Crippen molar-refractivity contribution in [3.05, 3.63) is 29.1 Å². The fourth-order valence-electron chi connectivity index (χ4n) is 0.996. The number of carbonyl (C=O) groups is 2. The van der Waals surface area contributed by atoms with E-state index in [1.54, 1.807) is 13.8 Å². The molecule has 0 aromatic carbocycles. The van der Waals surface area contributed by atoms with Crippen molar-refractivity contribution >= 4 is 12.3 Å². The van der Waals surface area contributed by atoms with Gasteiger partial charge in [-0.05, 0) is 19.9 Å². The number of hydrogen-bond donors (Lipinski definition) is 0. The molecular formula is C10H11NO3. The van der Waals surface area contributed by atoms with Gasteiger partial charge < -0.3 is 4.74 Å². The predicted octanol–water partition coefficient (Wildman–Crippen LogP) is 1.38. The average molecular weight is 193 g/mol. The lowest BCUT2D eigenvalue weighted by Crippen LogP contribution is -2.06. The van der Waals surface area contributed by atoms with Crippen molar-refractivity contribution in [3.8, 4) is 0 Å². The third-order valence-electron chi connectivity index (χ3n) is 1.76.